The molecule has 0 atom stereocenters. The Morgan fingerprint density at radius 3 is 1.60 bits per heavy atom. The van der Waals surface area contributed by atoms with Crippen molar-refractivity contribution in [3.8, 4) is 0 Å². The molecule has 0 aromatic carbocycles. The molecule has 29 valence electrons. The Bertz CT molecular complexity index is 9.61. The standard InChI is InChI=1S/C2H6N.B.W/c1-2-3;;/h1-3H2;;/q-1;;. The predicted molar refractivity (Wildman–Crippen MR) is 20.2 cm³/mol. The summed E-state index contributed by atoms with van der Waals surface area (Å²) in [5.74, 6) is 0. The first kappa shape index (κ1) is 17.2. The average Bonchev–Trinajstić information content (AvgIpc) is 0.918. The number of hydrogen-bond acceptors (Lipinski definition) is 1. The zero-order valence-electron chi connectivity index (χ0n) is 2.98. The van der Waals surface area contributed by atoms with Crippen molar-refractivity contribution >= 4 is 8.41 Å². The van der Waals surface area contributed by atoms with Crippen LogP contribution in [0.4, 0.5) is 0 Å². The van der Waals surface area contributed by atoms with Gasteiger partial charge in [0.25, 0.3) is 0 Å². The molecular weight excluding hydrogens is 233 g/mol. The maximum absolute atomic E-state index is 4.74. The second kappa shape index (κ2) is 22.1. The van der Waals surface area contributed by atoms with Crippen LogP contribution in [0.1, 0.15) is 0 Å². The Kier molecular flexibility index (Phi) is 76.3. The molecule has 0 saturated carbocycles. The quantitative estimate of drug-likeness (QED) is 0.443. The van der Waals surface area contributed by atoms with Crippen LogP contribution in [0.2, 0.25) is 0 Å². The van der Waals surface area contributed by atoms with E-state index in [1.54, 1.807) is 0 Å². The number of rotatable bonds is 0. The van der Waals surface area contributed by atoms with E-state index >= 15 is 0 Å². The molecule has 0 fully saturated rings. The van der Waals surface area contributed by atoms with Crippen molar-refractivity contribution in [2.24, 2.45) is 5.73 Å². The van der Waals surface area contributed by atoms with Crippen LogP contribution in [0.5, 0.6) is 0 Å². The Morgan fingerprint density at radius 2 is 1.60 bits per heavy atom. The second-order valence-electron chi connectivity index (χ2n) is 0.289. The van der Waals surface area contributed by atoms with E-state index in [9.17, 15) is 0 Å². The Morgan fingerprint density at radius 1 is 1.60 bits per heavy atom. The van der Waals surface area contributed by atoms with Crippen LogP contribution in [0.15, 0.2) is 0 Å². The average molecular weight is 239 g/mol. The molecule has 0 aliphatic heterocycles. The molecule has 0 bridgehead atoms. The molecule has 0 aliphatic rings. The van der Waals surface area contributed by atoms with Gasteiger partial charge >= 0.3 is 0 Å². The maximum atomic E-state index is 4.74. The van der Waals surface area contributed by atoms with Gasteiger partial charge in [0.15, 0.2) is 0 Å². The fourth-order valence-electron chi connectivity index (χ4n) is 0. The van der Waals surface area contributed by atoms with E-state index in [0.717, 1.165) is 0 Å². The molecule has 0 aromatic rings. The van der Waals surface area contributed by atoms with Gasteiger partial charge in [0.1, 0.15) is 0 Å². The van der Waals surface area contributed by atoms with Crippen molar-refractivity contribution in [1.29, 1.82) is 0 Å². The van der Waals surface area contributed by atoms with Gasteiger partial charge in [-0.05, 0) is 0 Å². The zero-order valence-corrected chi connectivity index (χ0v) is 5.91. The van der Waals surface area contributed by atoms with E-state index in [1.807, 2.05) is 0 Å². The first-order valence-electron chi connectivity index (χ1n) is 0.908. The molecule has 0 amide bonds. The van der Waals surface area contributed by atoms with Crippen LogP contribution in [-0.4, -0.2) is 15.0 Å². The minimum Gasteiger partial charge on any atom is -0.360 e. The molecular formula is C2H6BNW-. The molecule has 1 nitrogen and oxygen atoms in total. The van der Waals surface area contributed by atoms with Gasteiger partial charge in [-0.3, -0.25) is 0 Å². The van der Waals surface area contributed by atoms with Crippen molar-refractivity contribution in [3.63, 3.8) is 0 Å². The molecule has 3 heteroatoms. The Labute approximate surface area is 49.2 Å². The van der Waals surface area contributed by atoms with Crippen LogP contribution < -0.4 is 5.73 Å². The smallest absolute Gasteiger partial charge is 0 e. The third kappa shape index (κ3) is 68.2. The van der Waals surface area contributed by atoms with Crippen molar-refractivity contribution in [1.82, 2.24) is 0 Å². The van der Waals surface area contributed by atoms with Crippen LogP contribution in [0, 0.1) is 6.92 Å². The number of nitrogens with two attached hydrogens (primary N) is 1. The van der Waals surface area contributed by atoms with E-state index in [1.165, 1.54) is 0 Å². The minimum absolute atomic E-state index is 0. The van der Waals surface area contributed by atoms with Crippen molar-refractivity contribution in [2.75, 3.05) is 6.54 Å². The van der Waals surface area contributed by atoms with Crippen LogP contribution in [-0.2, 0) is 21.1 Å². The van der Waals surface area contributed by atoms with Gasteiger partial charge in [-0.2, -0.15) is 0 Å². The molecule has 0 unspecified atom stereocenters. The van der Waals surface area contributed by atoms with Gasteiger partial charge in [-0.25, -0.2) is 0 Å². The van der Waals surface area contributed by atoms with Gasteiger partial charge in [-0.1, -0.05) is 0 Å². The van der Waals surface area contributed by atoms with Crippen LogP contribution in [0.25, 0.3) is 0 Å². The molecule has 3 radical (unpaired) electrons. The summed E-state index contributed by atoms with van der Waals surface area (Å²) in [6, 6.07) is 0. The zero-order chi connectivity index (χ0) is 2.71. The molecule has 5 heavy (non-hydrogen) atoms. The SMILES string of the molecule is [B].[CH2-]CN.[W]. The summed E-state index contributed by atoms with van der Waals surface area (Å²) >= 11 is 0. The summed E-state index contributed by atoms with van der Waals surface area (Å²) in [6.07, 6.45) is 0. The molecule has 2 N–H and O–H groups in total. The molecule has 0 aliphatic carbocycles. The molecule has 0 rings (SSSR count). The molecule has 0 spiro atoms. The topological polar surface area (TPSA) is 26.0 Å². The minimum atomic E-state index is 0. The van der Waals surface area contributed by atoms with Gasteiger partial charge in [0, 0.05) is 29.5 Å². The van der Waals surface area contributed by atoms with Gasteiger partial charge in [0.05, 0.1) is 0 Å². The summed E-state index contributed by atoms with van der Waals surface area (Å²) in [5, 5.41) is 0. The van der Waals surface area contributed by atoms with E-state index in [4.69, 9.17) is 5.73 Å². The Hall–Kier alpha value is 0.713. The van der Waals surface area contributed by atoms with Gasteiger partial charge < -0.3 is 12.7 Å². The summed E-state index contributed by atoms with van der Waals surface area (Å²) in [6.45, 7) is 3.76. The summed E-state index contributed by atoms with van der Waals surface area (Å²) in [4.78, 5) is 0. The largest absolute Gasteiger partial charge is 0.360 e. The third-order valence-corrected chi connectivity index (χ3v) is 0. The van der Waals surface area contributed by atoms with Gasteiger partial charge in [-0.15, -0.1) is 6.54 Å². The van der Waals surface area contributed by atoms with E-state index in [-0.39, 0.29) is 29.5 Å². The molecule has 0 saturated heterocycles. The fourth-order valence-corrected chi connectivity index (χ4v) is 0. The van der Waals surface area contributed by atoms with Crippen molar-refractivity contribution < 1.29 is 21.1 Å². The van der Waals surface area contributed by atoms with E-state index < -0.39 is 0 Å². The van der Waals surface area contributed by atoms with Crippen molar-refractivity contribution in [3.05, 3.63) is 6.92 Å². The maximum Gasteiger partial charge on any atom is 0 e. The van der Waals surface area contributed by atoms with Crippen LogP contribution in [0.3, 0.4) is 0 Å². The number of hydrogen-bond donors (Lipinski definition) is 1. The first-order chi connectivity index (χ1) is 1.41. The first-order valence-corrected chi connectivity index (χ1v) is 0.908. The third-order valence-electron chi connectivity index (χ3n) is 0. The normalized spacial score (nSPS) is 3.60. The Balaban J connectivity index is -0.0000000200. The van der Waals surface area contributed by atoms with E-state index in [0.29, 0.717) is 6.54 Å². The van der Waals surface area contributed by atoms with Gasteiger partial charge in [0.2, 0.25) is 0 Å². The van der Waals surface area contributed by atoms with Crippen LogP contribution >= 0.6 is 0 Å². The monoisotopic (exact) mass is 239 g/mol. The summed E-state index contributed by atoms with van der Waals surface area (Å²) in [7, 11) is 0. The fraction of sp³-hybridized carbons (Fsp3) is 0.500. The van der Waals surface area contributed by atoms with E-state index in [2.05, 4.69) is 6.92 Å². The predicted octanol–water partition coefficient (Wildman–Crippen LogP) is -0.604. The molecule has 0 aromatic heterocycles. The summed E-state index contributed by atoms with van der Waals surface area (Å²) in [5.41, 5.74) is 4.74. The summed E-state index contributed by atoms with van der Waals surface area (Å²) < 4.78 is 0. The molecule has 0 heterocycles. The second-order valence-corrected chi connectivity index (χ2v) is 0.289. The van der Waals surface area contributed by atoms with Crippen molar-refractivity contribution in [2.45, 2.75) is 0 Å².